The fraction of sp³-hybridized carbons (Fsp3) is 0.333. The predicted octanol–water partition coefficient (Wildman–Crippen LogP) is 3.77. The maximum atomic E-state index is 13.1. The normalized spacial score (nSPS) is 11.7. The number of nitrogens with one attached hydrogen (secondary N) is 1. The van der Waals surface area contributed by atoms with Gasteiger partial charge >= 0.3 is 0 Å². The van der Waals surface area contributed by atoms with E-state index in [1.54, 1.807) is 18.9 Å². The summed E-state index contributed by atoms with van der Waals surface area (Å²) in [4.78, 5) is 26.9. The van der Waals surface area contributed by atoms with Crippen molar-refractivity contribution >= 4 is 27.7 Å². The lowest BCUT2D eigenvalue weighted by atomic mass is 10.0. The van der Waals surface area contributed by atoms with E-state index in [1.807, 2.05) is 56.3 Å². The molecule has 138 valence electrons. The number of amides is 2. The fourth-order valence-corrected chi connectivity index (χ4v) is 3.33. The number of halogens is 1. The van der Waals surface area contributed by atoms with E-state index in [-0.39, 0.29) is 18.2 Å². The summed E-state index contributed by atoms with van der Waals surface area (Å²) in [5, 5.41) is 2.64. The van der Waals surface area contributed by atoms with E-state index < -0.39 is 6.04 Å². The van der Waals surface area contributed by atoms with Crippen molar-refractivity contribution in [1.29, 1.82) is 0 Å². The van der Waals surface area contributed by atoms with Crippen molar-refractivity contribution in [2.24, 2.45) is 0 Å². The highest BCUT2D eigenvalue weighted by Crippen LogP contribution is 2.18. The molecule has 0 radical (unpaired) electrons. The first-order valence-corrected chi connectivity index (χ1v) is 9.42. The van der Waals surface area contributed by atoms with Gasteiger partial charge in [0.1, 0.15) is 6.04 Å². The fourth-order valence-electron chi connectivity index (χ4n) is 2.88. The topological polar surface area (TPSA) is 49.4 Å². The Morgan fingerprint density at radius 3 is 2.54 bits per heavy atom. The smallest absolute Gasteiger partial charge is 0.242 e. The maximum Gasteiger partial charge on any atom is 0.242 e. The van der Waals surface area contributed by atoms with Crippen LogP contribution in [0.15, 0.2) is 46.9 Å². The minimum atomic E-state index is -0.545. The third-order valence-electron chi connectivity index (χ3n) is 4.50. The number of benzene rings is 2. The molecule has 2 amide bonds. The molecule has 26 heavy (non-hydrogen) atoms. The van der Waals surface area contributed by atoms with Crippen molar-refractivity contribution in [3.05, 3.63) is 69.2 Å². The number of hydrogen-bond donors (Lipinski definition) is 1. The molecule has 0 bridgehead atoms. The zero-order chi connectivity index (χ0) is 19.3. The molecule has 2 rings (SSSR count). The standard InChI is InChI=1S/C21H25BrN2O2/c1-14-8-9-15(2)18(10-14)12-20(25)24(16(3)21(26)23-4)13-17-6-5-7-19(22)11-17/h5-11,16H,12-13H2,1-4H3,(H,23,26)/t16-/m1/s1. The molecule has 1 N–H and O–H groups in total. The number of nitrogens with zero attached hydrogens (tertiary/aromatic N) is 1. The van der Waals surface area contributed by atoms with Gasteiger partial charge in [0, 0.05) is 18.1 Å². The summed E-state index contributed by atoms with van der Waals surface area (Å²) < 4.78 is 0.949. The molecule has 0 heterocycles. The van der Waals surface area contributed by atoms with Gasteiger partial charge in [0.15, 0.2) is 0 Å². The summed E-state index contributed by atoms with van der Waals surface area (Å²) >= 11 is 3.46. The molecule has 2 aromatic carbocycles. The van der Waals surface area contributed by atoms with Gasteiger partial charge in [-0.25, -0.2) is 0 Å². The highest BCUT2D eigenvalue weighted by molar-refractivity contribution is 9.10. The van der Waals surface area contributed by atoms with Crippen molar-refractivity contribution < 1.29 is 9.59 Å². The Morgan fingerprint density at radius 2 is 1.88 bits per heavy atom. The molecule has 0 aliphatic carbocycles. The first-order valence-electron chi connectivity index (χ1n) is 8.63. The quantitative estimate of drug-likeness (QED) is 0.778. The van der Waals surface area contributed by atoms with Crippen molar-refractivity contribution in [2.75, 3.05) is 7.05 Å². The Hall–Kier alpha value is -2.14. The molecule has 5 heteroatoms. The maximum absolute atomic E-state index is 13.1. The predicted molar refractivity (Wildman–Crippen MR) is 108 cm³/mol. The van der Waals surface area contributed by atoms with Crippen molar-refractivity contribution in [1.82, 2.24) is 10.2 Å². The second-order valence-corrected chi connectivity index (χ2v) is 7.46. The number of carbonyl (C=O) groups is 2. The van der Waals surface area contributed by atoms with Gasteiger partial charge in [0.05, 0.1) is 6.42 Å². The molecular weight excluding hydrogens is 392 g/mol. The van der Waals surface area contributed by atoms with Gasteiger partial charge in [-0.1, -0.05) is 51.8 Å². The van der Waals surface area contributed by atoms with Gasteiger partial charge in [-0.2, -0.15) is 0 Å². The minimum Gasteiger partial charge on any atom is -0.357 e. The number of carbonyl (C=O) groups excluding carboxylic acids is 2. The molecular formula is C21H25BrN2O2. The van der Waals surface area contributed by atoms with Crippen LogP contribution in [0.25, 0.3) is 0 Å². The zero-order valence-electron chi connectivity index (χ0n) is 15.7. The largest absolute Gasteiger partial charge is 0.357 e. The zero-order valence-corrected chi connectivity index (χ0v) is 17.3. The Morgan fingerprint density at radius 1 is 1.15 bits per heavy atom. The van der Waals surface area contributed by atoms with Crippen LogP contribution in [-0.4, -0.2) is 29.8 Å². The Balaban J connectivity index is 2.28. The van der Waals surface area contributed by atoms with Crippen LogP contribution in [0.3, 0.4) is 0 Å². The molecule has 0 aliphatic heterocycles. The summed E-state index contributed by atoms with van der Waals surface area (Å²) in [5.41, 5.74) is 4.18. The van der Waals surface area contributed by atoms with Gasteiger partial charge in [0.2, 0.25) is 11.8 Å². The number of aryl methyl sites for hydroxylation is 2. The van der Waals surface area contributed by atoms with Crippen LogP contribution < -0.4 is 5.32 Å². The van der Waals surface area contributed by atoms with Gasteiger partial charge < -0.3 is 10.2 Å². The third-order valence-corrected chi connectivity index (χ3v) is 5.00. The lowest BCUT2D eigenvalue weighted by molar-refractivity contribution is -0.139. The minimum absolute atomic E-state index is 0.0604. The second kappa shape index (κ2) is 8.99. The van der Waals surface area contributed by atoms with Gasteiger partial charge in [-0.15, -0.1) is 0 Å². The van der Waals surface area contributed by atoms with Crippen LogP contribution in [0, 0.1) is 13.8 Å². The monoisotopic (exact) mass is 416 g/mol. The van der Waals surface area contributed by atoms with Crippen molar-refractivity contribution in [3.8, 4) is 0 Å². The summed E-state index contributed by atoms with van der Waals surface area (Å²) in [6.07, 6.45) is 0.281. The van der Waals surface area contributed by atoms with E-state index in [9.17, 15) is 9.59 Å². The van der Waals surface area contributed by atoms with E-state index in [0.29, 0.717) is 6.54 Å². The highest BCUT2D eigenvalue weighted by atomic mass is 79.9. The summed E-state index contributed by atoms with van der Waals surface area (Å²) in [6, 6.07) is 13.3. The lowest BCUT2D eigenvalue weighted by Crippen LogP contribution is -2.47. The van der Waals surface area contributed by atoms with Crippen LogP contribution in [-0.2, 0) is 22.6 Å². The third kappa shape index (κ3) is 5.18. The molecule has 0 spiro atoms. The van der Waals surface area contributed by atoms with E-state index in [1.165, 1.54) is 0 Å². The lowest BCUT2D eigenvalue weighted by Gasteiger charge is -2.29. The molecule has 2 aromatic rings. The molecule has 4 nitrogen and oxygen atoms in total. The van der Waals surface area contributed by atoms with E-state index in [2.05, 4.69) is 21.2 Å². The van der Waals surface area contributed by atoms with E-state index >= 15 is 0 Å². The number of rotatable bonds is 6. The van der Waals surface area contributed by atoms with Crippen LogP contribution in [0.2, 0.25) is 0 Å². The Bertz CT molecular complexity index is 804. The highest BCUT2D eigenvalue weighted by Gasteiger charge is 2.25. The first kappa shape index (κ1) is 20.2. The summed E-state index contributed by atoms with van der Waals surface area (Å²) in [6.45, 7) is 6.16. The Labute approximate surface area is 163 Å². The molecule has 0 saturated carbocycles. The average Bonchev–Trinajstić information content (AvgIpc) is 2.61. The van der Waals surface area contributed by atoms with Crippen molar-refractivity contribution in [2.45, 2.75) is 39.8 Å². The van der Waals surface area contributed by atoms with E-state index in [4.69, 9.17) is 0 Å². The SMILES string of the molecule is CNC(=O)[C@@H](C)N(Cc1cccc(Br)c1)C(=O)Cc1cc(C)ccc1C. The summed E-state index contributed by atoms with van der Waals surface area (Å²) in [5.74, 6) is -0.232. The van der Waals surface area contributed by atoms with Gasteiger partial charge in [-0.05, 0) is 49.6 Å². The molecule has 0 aromatic heterocycles. The summed E-state index contributed by atoms with van der Waals surface area (Å²) in [7, 11) is 1.59. The number of hydrogen-bond acceptors (Lipinski definition) is 2. The molecule has 0 aliphatic rings. The Kier molecular flexibility index (Phi) is 6.98. The van der Waals surface area contributed by atoms with E-state index in [0.717, 1.165) is 26.7 Å². The number of likely N-dealkylation sites (N-methyl/N-ethyl adjacent to an activating group) is 1. The van der Waals surface area contributed by atoms with Gasteiger partial charge in [0.25, 0.3) is 0 Å². The van der Waals surface area contributed by atoms with Crippen LogP contribution in [0.4, 0.5) is 0 Å². The first-order chi connectivity index (χ1) is 12.3. The van der Waals surface area contributed by atoms with Crippen molar-refractivity contribution in [3.63, 3.8) is 0 Å². The van der Waals surface area contributed by atoms with Crippen LogP contribution in [0.5, 0.6) is 0 Å². The van der Waals surface area contributed by atoms with Crippen LogP contribution >= 0.6 is 15.9 Å². The van der Waals surface area contributed by atoms with Crippen LogP contribution in [0.1, 0.15) is 29.2 Å². The van der Waals surface area contributed by atoms with Gasteiger partial charge in [-0.3, -0.25) is 9.59 Å². The molecule has 1 atom stereocenters. The molecule has 0 unspecified atom stereocenters. The average molecular weight is 417 g/mol. The second-order valence-electron chi connectivity index (χ2n) is 6.55. The molecule has 0 fully saturated rings. The molecule has 0 saturated heterocycles.